The van der Waals surface area contributed by atoms with Crippen molar-refractivity contribution in [3.63, 3.8) is 0 Å². The smallest absolute Gasteiger partial charge is 0.253 e. The van der Waals surface area contributed by atoms with E-state index in [2.05, 4.69) is 5.32 Å². The molecular weight excluding hydrogens is 364 g/mol. The molecule has 1 aliphatic rings. The first-order valence-corrected chi connectivity index (χ1v) is 9.55. The fourth-order valence-electron chi connectivity index (χ4n) is 2.56. The van der Waals surface area contributed by atoms with Crippen molar-refractivity contribution in [3.05, 3.63) is 64.7 Å². The average Bonchev–Trinajstić information content (AvgIpc) is 2.87. The zero-order chi connectivity index (χ0) is 18.0. The molecule has 2 aromatic rings. The average molecular weight is 379 g/mol. The second kappa shape index (κ2) is 6.85. The highest BCUT2D eigenvalue weighted by Gasteiger charge is 2.36. The summed E-state index contributed by atoms with van der Waals surface area (Å²) in [5.74, 6) is -1.19. The lowest BCUT2D eigenvalue weighted by Gasteiger charge is -2.16. The number of halogens is 1. The van der Waals surface area contributed by atoms with Crippen LogP contribution in [0.15, 0.2) is 48.5 Å². The van der Waals surface area contributed by atoms with E-state index in [9.17, 15) is 18.0 Å². The van der Waals surface area contributed by atoms with E-state index in [1.54, 1.807) is 0 Å². The van der Waals surface area contributed by atoms with Crippen LogP contribution in [-0.4, -0.2) is 26.0 Å². The Kier molecular flexibility index (Phi) is 4.78. The molecule has 1 heterocycles. The van der Waals surface area contributed by atoms with Gasteiger partial charge in [0.2, 0.25) is 15.9 Å². The number of sulfonamides is 1. The molecule has 0 unspecified atom stereocenters. The van der Waals surface area contributed by atoms with E-state index in [4.69, 9.17) is 11.6 Å². The van der Waals surface area contributed by atoms with Gasteiger partial charge in [0.15, 0.2) is 0 Å². The Balaban J connectivity index is 1.84. The normalized spacial score (nSPS) is 16.0. The van der Waals surface area contributed by atoms with Gasteiger partial charge in [0, 0.05) is 13.0 Å². The second-order valence-corrected chi connectivity index (χ2v) is 7.90. The highest BCUT2D eigenvalue weighted by molar-refractivity contribution is 7.94. The van der Waals surface area contributed by atoms with Crippen LogP contribution in [0, 0.1) is 0 Å². The number of hydrogen-bond acceptors (Lipinski definition) is 4. The predicted molar refractivity (Wildman–Crippen MR) is 95.0 cm³/mol. The third kappa shape index (κ3) is 3.67. The lowest BCUT2D eigenvalue weighted by atomic mass is 10.1. The highest BCUT2D eigenvalue weighted by atomic mass is 35.5. The Morgan fingerprint density at radius 3 is 2.52 bits per heavy atom. The first kappa shape index (κ1) is 17.4. The maximum Gasteiger partial charge on any atom is 0.253 e. The monoisotopic (exact) mass is 378 g/mol. The van der Waals surface area contributed by atoms with Crippen molar-refractivity contribution in [2.45, 2.75) is 13.0 Å². The molecule has 1 N–H and O–H groups in total. The summed E-state index contributed by atoms with van der Waals surface area (Å²) in [6.45, 7) is 0.307. The van der Waals surface area contributed by atoms with Crippen LogP contribution in [-0.2, 0) is 21.4 Å². The van der Waals surface area contributed by atoms with Crippen molar-refractivity contribution < 1.29 is 18.0 Å². The van der Waals surface area contributed by atoms with Crippen molar-refractivity contribution in [1.82, 2.24) is 5.32 Å². The van der Waals surface area contributed by atoms with Gasteiger partial charge in [-0.15, -0.1) is 0 Å². The van der Waals surface area contributed by atoms with Crippen LogP contribution in [0.1, 0.15) is 22.3 Å². The number of carbonyl (C=O) groups excluding carboxylic acids is 2. The predicted octanol–water partition coefficient (Wildman–Crippen LogP) is 2.34. The van der Waals surface area contributed by atoms with Crippen LogP contribution in [0.5, 0.6) is 0 Å². The lowest BCUT2D eigenvalue weighted by molar-refractivity contribution is -0.116. The minimum Gasteiger partial charge on any atom is -0.348 e. The molecule has 0 spiro atoms. The van der Waals surface area contributed by atoms with Crippen LogP contribution in [0.2, 0.25) is 5.02 Å². The summed E-state index contributed by atoms with van der Waals surface area (Å²) in [6.07, 6.45) is -0.0690. The first-order valence-electron chi connectivity index (χ1n) is 7.56. The third-order valence-corrected chi connectivity index (χ3v) is 5.82. The fourth-order valence-corrected chi connectivity index (χ4v) is 4.21. The van der Waals surface area contributed by atoms with Gasteiger partial charge in [-0.1, -0.05) is 41.9 Å². The Labute approximate surface area is 150 Å². The molecule has 0 saturated carbocycles. The van der Waals surface area contributed by atoms with Gasteiger partial charge in [-0.05, 0) is 23.8 Å². The molecule has 1 saturated heterocycles. The highest BCUT2D eigenvalue weighted by Crippen LogP contribution is 2.29. The largest absolute Gasteiger partial charge is 0.348 e. The molecule has 2 amide bonds. The summed E-state index contributed by atoms with van der Waals surface area (Å²) in [6, 6.07) is 13.5. The fraction of sp³-hybridized carbons (Fsp3) is 0.176. The minimum absolute atomic E-state index is 0.0690. The van der Waals surface area contributed by atoms with Gasteiger partial charge in [0.25, 0.3) is 5.91 Å². The maximum absolute atomic E-state index is 12.4. The van der Waals surface area contributed by atoms with E-state index in [1.165, 1.54) is 18.2 Å². The van der Waals surface area contributed by atoms with Crippen molar-refractivity contribution in [1.29, 1.82) is 0 Å². The topological polar surface area (TPSA) is 83.6 Å². The van der Waals surface area contributed by atoms with Gasteiger partial charge < -0.3 is 5.32 Å². The quantitative estimate of drug-likeness (QED) is 0.885. The molecule has 1 aliphatic heterocycles. The Morgan fingerprint density at radius 1 is 1.16 bits per heavy atom. The Bertz CT molecular complexity index is 929. The van der Waals surface area contributed by atoms with Crippen LogP contribution < -0.4 is 9.62 Å². The number of carbonyl (C=O) groups is 2. The van der Waals surface area contributed by atoms with Gasteiger partial charge in [-0.3, -0.25) is 9.59 Å². The van der Waals surface area contributed by atoms with Crippen molar-refractivity contribution in [2.24, 2.45) is 0 Å². The van der Waals surface area contributed by atoms with E-state index in [1.807, 2.05) is 30.3 Å². The van der Waals surface area contributed by atoms with Crippen molar-refractivity contribution in [2.75, 3.05) is 10.1 Å². The van der Waals surface area contributed by atoms with Gasteiger partial charge in [0.05, 0.1) is 22.0 Å². The van der Waals surface area contributed by atoms with Gasteiger partial charge >= 0.3 is 0 Å². The summed E-state index contributed by atoms with van der Waals surface area (Å²) in [7, 11) is -3.69. The Morgan fingerprint density at radius 2 is 1.88 bits per heavy atom. The number of rotatable bonds is 4. The number of hydrogen-bond donors (Lipinski definition) is 1. The molecular formula is C17H15ClN2O4S. The van der Waals surface area contributed by atoms with E-state index >= 15 is 0 Å². The molecule has 6 nitrogen and oxygen atoms in total. The maximum atomic E-state index is 12.4. The lowest BCUT2D eigenvalue weighted by Crippen LogP contribution is -2.30. The van der Waals surface area contributed by atoms with Gasteiger partial charge in [-0.25, -0.2) is 12.7 Å². The van der Waals surface area contributed by atoms with Crippen LogP contribution in [0.3, 0.4) is 0 Å². The van der Waals surface area contributed by atoms with Gasteiger partial charge in [0.1, 0.15) is 0 Å². The Hall–Kier alpha value is -2.38. The third-order valence-electron chi connectivity index (χ3n) is 3.80. The molecule has 0 radical (unpaired) electrons. The summed E-state index contributed by atoms with van der Waals surface area (Å²) in [5, 5.41) is 2.91. The summed E-state index contributed by atoms with van der Waals surface area (Å²) < 4.78 is 24.8. The summed E-state index contributed by atoms with van der Waals surface area (Å²) in [4.78, 5) is 24.3. The van der Waals surface area contributed by atoms with Crippen LogP contribution >= 0.6 is 11.6 Å². The van der Waals surface area contributed by atoms with E-state index in [0.29, 0.717) is 6.54 Å². The standard InChI is InChI=1S/C17H15ClN2O4S/c18-15-7-6-13(20-16(21)8-9-25(20,23)24)10-14(15)17(22)19-11-12-4-2-1-3-5-12/h1-7,10H,8-9,11H2,(H,19,22). The van der Waals surface area contributed by atoms with Crippen molar-refractivity contribution in [3.8, 4) is 0 Å². The molecule has 0 bridgehead atoms. The van der Waals surface area contributed by atoms with E-state index in [-0.39, 0.29) is 28.4 Å². The van der Waals surface area contributed by atoms with E-state index < -0.39 is 21.8 Å². The van der Waals surface area contributed by atoms with Crippen LogP contribution in [0.25, 0.3) is 0 Å². The van der Waals surface area contributed by atoms with E-state index in [0.717, 1.165) is 9.87 Å². The number of amides is 2. The summed E-state index contributed by atoms with van der Waals surface area (Å²) >= 11 is 6.07. The molecule has 0 atom stereocenters. The second-order valence-electron chi connectivity index (χ2n) is 5.56. The molecule has 8 heteroatoms. The zero-order valence-electron chi connectivity index (χ0n) is 13.1. The molecule has 130 valence electrons. The number of anilines is 1. The molecule has 3 rings (SSSR count). The first-order chi connectivity index (χ1) is 11.9. The number of benzene rings is 2. The van der Waals surface area contributed by atoms with Crippen LogP contribution in [0.4, 0.5) is 5.69 Å². The number of nitrogens with zero attached hydrogens (tertiary/aromatic N) is 1. The summed E-state index contributed by atoms with van der Waals surface area (Å²) in [5.41, 5.74) is 1.15. The molecule has 1 fully saturated rings. The van der Waals surface area contributed by atoms with Crippen molar-refractivity contribution >= 4 is 39.1 Å². The molecule has 2 aromatic carbocycles. The number of nitrogens with one attached hydrogen (secondary N) is 1. The molecule has 0 aromatic heterocycles. The SMILES string of the molecule is O=C(NCc1ccccc1)c1cc(N2C(=O)CCS2(=O)=O)ccc1Cl. The minimum atomic E-state index is -3.69. The molecule has 0 aliphatic carbocycles. The molecule has 25 heavy (non-hydrogen) atoms. The van der Waals surface area contributed by atoms with Gasteiger partial charge in [-0.2, -0.15) is 0 Å². The zero-order valence-corrected chi connectivity index (χ0v) is 14.7.